The summed E-state index contributed by atoms with van der Waals surface area (Å²) in [5.41, 5.74) is -1.66. The van der Waals surface area contributed by atoms with Crippen molar-refractivity contribution >= 4 is 0 Å². The quantitative estimate of drug-likeness (QED) is 0.274. The minimum absolute atomic E-state index is 0.0648. The van der Waals surface area contributed by atoms with Gasteiger partial charge in [0.05, 0.1) is 13.2 Å². The summed E-state index contributed by atoms with van der Waals surface area (Å²) in [5.74, 6) is -3.70. The van der Waals surface area contributed by atoms with E-state index in [0.717, 1.165) is 62.1 Å². The highest BCUT2D eigenvalue weighted by Gasteiger charge is 2.41. The van der Waals surface area contributed by atoms with Crippen molar-refractivity contribution in [2.45, 2.75) is 51.6 Å². The van der Waals surface area contributed by atoms with Gasteiger partial charge in [-0.1, -0.05) is 26.2 Å². The molecule has 10 heteroatoms. The van der Waals surface area contributed by atoms with Crippen molar-refractivity contribution in [2.75, 3.05) is 13.2 Å². The smallest absolute Gasteiger partial charge is 0.432 e. The molecule has 0 N–H and O–H groups in total. The second kappa shape index (κ2) is 11.1. The molecule has 0 amide bonds. The van der Waals surface area contributed by atoms with Gasteiger partial charge in [0.15, 0.2) is 6.29 Å². The molecule has 0 unspecified atom stereocenters. The van der Waals surface area contributed by atoms with Gasteiger partial charge >= 0.3 is 12.7 Å². The van der Waals surface area contributed by atoms with Gasteiger partial charge in [-0.15, -0.1) is 0 Å². The molecule has 0 bridgehead atoms. The van der Waals surface area contributed by atoms with Crippen LogP contribution in [0.1, 0.15) is 50.0 Å². The van der Waals surface area contributed by atoms with Gasteiger partial charge in [0.25, 0.3) is 0 Å². The van der Waals surface area contributed by atoms with Gasteiger partial charge in [0.2, 0.25) is 0 Å². The van der Waals surface area contributed by atoms with E-state index in [1.807, 2.05) is 0 Å². The first kappa shape index (κ1) is 25.2. The van der Waals surface area contributed by atoms with Crippen molar-refractivity contribution in [1.29, 1.82) is 0 Å². The molecule has 33 heavy (non-hydrogen) atoms. The zero-order valence-corrected chi connectivity index (χ0v) is 17.8. The average Bonchev–Trinajstić information content (AvgIpc) is 2.74. The molecular formula is C23H24F6O4. The molecule has 1 aliphatic heterocycles. The Morgan fingerprint density at radius 1 is 0.970 bits per heavy atom. The summed E-state index contributed by atoms with van der Waals surface area (Å²) in [6.45, 7) is -0.329. The first-order valence-corrected chi connectivity index (χ1v) is 10.5. The Kier molecular flexibility index (Phi) is 8.47. The van der Waals surface area contributed by atoms with Gasteiger partial charge in [-0.2, -0.15) is 17.6 Å². The molecule has 0 atom stereocenters. The maximum atomic E-state index is 14.5. The summed E-state index contributed by atoms with van der Waals surface area (Å²) in [6, 6.07) is 5.18. The second-order valence-corrected chi connectivity index (χ2v) is 7.69. The van der Waals surface area contributed by atoms with E-state index in [1.165, 1.54) is 0 Å². The van der Waals surface area contributed by atoms with E-state index in [2.05, 4.69) is 16.4 Å². The van der Waals surface area contributed by atoms with E-state index in [-0.39, 0.29) is 17.2 Å². The van der Waals surface area contributed by atoms with Crippen LogP contribution < -0.4 is 9.47 Å². The Hall–Kier alpha value is -2.46. The summed E-state index contributed by atoms with van der Waals surface area (Å²) in [4.78, 5) is 0. The Morgan fingerprint density at radius 2 is 1.55 bits per heavy atom. The van der Waals surface area contributed by atoms with Crippen LogP contribution in [0.25, 0.3) is 0 Å². The van der Waals surface area contributed by atoms with Crippen molar-refractivity contribution in [3.05, 3.63) is 59.2 Å². The number of benzene rings is 2. The molecule has 0 spiro atoms. The van der Waals surface area contributed by atoms with Crippen LogP contribution in [0.15, 0.2) is 36.4 Å². The van der Waals surface area contributed by atoms with Crippen molar-refractivity contribution in [3.63, 3.8) is 0 Å². The molecule has 1 heterocycles. The van der Waals surface area contributed by atoms with Gasteiger partial charge < -0.3 is 18.9 Å². The first-order valence-electron chi connectivity index (χ1n) is 10.5. The van der Waals surface area contributed by atoms with E-state index in [4.69, 9.17) is 9.47 Å². The van der Waals surface area contributed by atoms with E-state index in [9.17, 15) is 26.3 Å². The normalized spacial score (nSPS) is 19.0. The number of alkyl halides is 4. The molecule has 2 aromatic carbocycles. The molecule has 182 valence electrons. The fraction of sp³-hybridized carbons (Fsp3) is 0.478. The molecule has 0 aliphatic carbocycles. The summed E-state index contributed by atoms with van der Waals surface area (Å²) >= 11 is 0. The lowest BCUT2D eigenvalue weighted by molar-refractivity contribution is -0.206. The molecule has 1 saturated heterocycles. The molecule has 0 aromatic heterocycles. The van der Waals surface area contributed by atoms with Crippen LogP contribution in [0.2, 0.25) is 0 Å². The van der Waals surface area contributed by atoms with Gasteiger partial charge in [0, 0.05) is 11.5 Å². The van der Waals surface area contributed by atoms with Crippen LogP contribution >= 0.6 is 0 Å². The van der Waals surface area contributed by atoms with E-state index in [0.29, 0.717) is 13.2 Å². The molecule has 4 nitrogen and oxygen atoms in total. The number of halogens is 6. The third-order valence-corrected chi connectivity index (χ3v) is 5.11. The standard InChI is InChI=1S/C23H24F6O4/c1-2-3-4-5-14-12-30-21(31-13-14)15-10-18(24)20(19(25)11-15)23(28,29)33-17-8-6-16(7-9-17)32-22(26)27/h6-11,14,21-22H,2-5,12-13H2,1H3. The van der Waals surface area contributed by atoms with Crippen LogP contribution in [0.3, 0.4) is 0 Å². The zero-order valence-electron chi connectivity index (χ0n) is 17.8. The van der Waals surface area contributed by atoms with Crippen LogP contribution in [0, 0.1) is 17.6 Å². The zero-order chi connectivity index (χ0) is 24.0. The molecule has 0 radical (unpaired) electrons. The Bertz CT molecular complexity index is 875. The highest BCUT2D eigenvalue weighted by Crippen LogP contribution is 2.37. The van der Waals surface area contributed by atoms with Crippen molar-refractivity contribution < 1.29 is 45.3 Å². The van der Waals surface area contributed by atoms with Crippen molar-refractivity contribution in [2.24, 2.45) is 5.92 Å². The van der Waals surface area contributed by atoms with E-state index in [1.54, 1.807) is 0 Å². The third-order valence-electron chi connectivity index (χ3n) is 5.11. The average molecular weight is 478 g/mol. The predicted octanol–water partition coefficient (Wildman–Crippen LogP) is 6.94. The Balaban J connectivity index is 1.68. The lowest BCUT2D eigenvalue weighted by Gasteiger charge is -2.30. The minimum atomic E-state index is -4.38. The summed E-state index contributed by atoms with van der Waals surface area (Å²) in [6.07, 6.45) is -1.36. The van der Waals surface area contributed by atoms with E-state index >= 15 is 0 Å². The first-order chi connectivity index (χ1) is 15.7. The van der Waals surface area contributed by atoms with Gasteiger partial charge in [-0.3, -0.25) is 0 Å². The van der Waals surface area contributed by atoms with Crippen LogP contribution in [0.5, 0.6) is 11.5 Å². The highest BCUT2D eigenvalue weighted by atomic mass is 19.3. The number of hydrogen-bond donors (Lipinski definition) is 0. The molecule has 1 fully saturated rings. The number of rotatable bonds is 10. The second-order valence-electron chi connectivity index (χ2n) is 7.69. The lowest BCUT2D eigenvalue weighted by Crippen LogP contribution is -2.28. The number of unbranched alkanes of at least 4 members (excludes halogenated alkanes) is 2. The summed E-state index contributed by atoms with van der Waals surface area (Å²) in [5, 5.41) is 0. The molecule has 1 aliphatic rings. The minimum Gasteiger partial charge on any atom is -0.435 e. The number of ether oxygens (including phenoxy) is 4. The van der Waals surface area contributed by atoms with E-state index < -0.39 is 42.0 Å². The number of hydrogen-bond acceptors (Lipinski definition) is 4. The Morgan fingerprint density at radius 3 is 2.09 bits per heavy atom. The van der Waals surface area contributed by atoms with Gasteiger partial charge in [-0.05, 0) is 42.8 Å². The fourth-order valence-corrected chi connectivity index (χ4v) is 3.48. The van der Waals surface area contributed by atoms with Gasteiger partial charge in [-0.25, -0.2) is 8.78 Å². The monoisotopic (exact) mass is 478 g/mol. The molecular weight excluding hydrogens is 454 g/mol. The summed E-state index contributed by atoms with van der Waals surface area (Å²) < 4.78 is 102. The van der Waals surface area contributed by atoms with Crippen molar-refractivity contribution in [1.82, 2.24) is 0 Å². The topological polar surface area (TPSA) is 36.9 Å². The highest BCUT2D eigenvalue weighted by molar-refractivity contribution is 5.34. The SMILES string of the molecule is CCCCCC1COC(c2cc(F)c(C(F)(F)Oc3ccc(OC(F)F)cc3)c(F)c2)OC1. The van der Waals surface area contributed by atoms with Crippen LogP contribution in [-0.4, -0.2) is 19.8 Å². The maximum absolute atomic E-state index is 14.5. The third kappa shape index (κ3) is 6.77. The molecule has 0 saturated carbocycles. The maximum Gasteiger partial charge on any atom is 0.432 e. The van der Waals surface area contributed by atoms with Crippen molar-refractivity contribution in [3.8, 4) is 11.5 Å². The molecule has 2 aromatic rings. The van der Waals surface area contributed by atoms with Crippen LogP contribution in [-0.2, 0) is 15.6 Å². The lowest BCUT2D eigenvalue weighted by atomic mass is 10.0. The Labute approximate surface area is 187 Å². The predicted molar refractivity (Wildman–Crippen MR) is 106 cm³/mol. The van der Waals surface area contributed by atoms with Gasteiger partial charge in [0.1, 0.15) is 28.7 Å². The summed E-state index contributed by atoms with van der Waals surface area (Å²) in [7, 11) is 0. The fourth-order valence-electron chi connectivity index (χ4n) is 3.48. The van der Waals surface area contributed by atoms with Crippen LogP contribution in [0.4, 0.5) is 26.3 Å². The molecule has 3 rings (SSSR count). The largest absolute Gasteiger partial charge is 0.435 e.